The molecule has 1 aromatic carbocycles. The van der Waals surface area contributed by atoms with E-state index in [2.05, 4.69) is 30.8 Å². The molecule has 3 heteroatoms. The van der Waals surface area contributed by atoms with Gasteiger partial charge in [-0.2, -0.15) is 0 Å². The zero-order valence-corrected chi connectivity index (χ0v) is 13.2. The first kappa shape index (κ1) is 15.3. The summed E-state index contributed by atoms with van der Waals surface area (Å²) in [4.78, 5) is 1.07. The van der Waals surface area contributed by atoms with Crippen LogP contribution in [0.2, 0.25) is 0 Å². The van der Waals surface area contributed by atoms with Gasteiger partial charge in [-0.3, -0.25) is 0 Å². The fraction of sp³-hybridized carbons (Fsp3) is 0.294. The maximum Gasteiger partial charge on any atom is 0.107 e. The van der Waals surface area contributed by atoms with Crippen LogP contribution in [0.5, 0.6) is 0 Å². The number of hydrogen-bond acceptors (Lipinski definition) is 2. The molecule has 0 N–H and O–H groups in total. The molecular formula is C17H19ClOS. The van der Waals surface area contributed by atoms with Gasteiger partial charge in [-0.25, -0.2) is 0 Å². The molecule has 0 amide bonds. The third-order valence-corrected chi connectivity index (χ3v) is 4.37. The van der Waals surface area contributed by atoms with Crippen LogP contribution in [0.25, 0.3) is 0 Å². The average molecular weight is 307 g/mol. The number of allylic oxidation sites excluding steroid dienone is 4. The van der Waals surface area contributed by atoms with Crippen LogP contribution in [0.1, 0.15) is 25.3 Å². The Morgan fingerprint density at radius 3 is 2.70 bits per heavy atom. The second-order valence-electron chi connectivity index (χ2n) is 4.75. The molecule has 0 heterocycles. The lowest BCUT2D eigenvalue weighted by Gasteiger charge is -2.10. The van der Waals surface area contributed by atoms with Crippen LogP contribution in [0.3, 0.4) is 0 Å². The lowest BCUT2D eigenvalue weighted by Crippen LogP contribution is -1.94. The first-order valence-electron chi connectivity index (χ1n) is 6.73. The summed E-state index contributed by atoms with van der Waals surface area (Å²) in [7, 11) is 0. The third kappa shape index (κ3) is 5.10. The number of rotatable bonds is 7. The molecule has 2 rings (SSSR count). The number of hydrogen-bond donors (Lipinski definition) is 0. The second-order valence-corrected chi connectivity index (χ2v) is 6.20. The molecule has 1 fully saturated rings. The van der Waals surface area contributed by atoms with Gasteiger partial charge in [-0.1, -0.05) is 54.6 Å². The highest BCUT2D eigenvalue weighted by molar-refractivity contribution is 8.02. The summed E-state index contributed by atoms with van der Waals surface area (Å²) < 4.78 is 5.88. The van der Waals surface area contributed by atoms with Crippen molar-refractivity contribution in [2.75, 3.05) is 0 Å². The predicted octanol–water partition coefficient (Wildman–Crippen LogP) is 5.64. The zero-order valence-electron chi connectivity index (χ0n) is 11.6. The van der Waals surface area contributed by atoms with Gasteiger partial charge in [0.1, 0.15) is 5.76 Å². The van der Waals surface area contributed by atoms with Crippen molar-refractivity contribution < 1.29 is 4.74 Å². The minimum atomic E-state index is 0.401. The van der Waals surface area contributed by atoms with Gasteiger partial charge in [0.25, 0.3) is 0 Å². The monoisotopic (exact) mass is 306 g/mol. The van der Waals surface area contributed by atoms with Crippen molar-refractivity contribution >= 4 is 23.4 Å². The summed E-state index contributed by atoms with van der Waals surface area (Å²) >= 11 is 7.82. The van der Waals surface area contributed by atoms with Crippen molar-refractivity contribution in [1.82, 2.24) is 0 Å². The Hall–Kier alpha value is -1.12. The van der Waals surface area contributed by atoms with Crippen LogP contribution < -0.4 is 0 Å². The van der Waals surface area contributed by atoms with Crippen LogP contribution >= 0.6 is 23.4 Å². The van der Waals surface area contributed by atoms with Gasteiger partial charge in [-0.15, -0.1) is 11.8 Å². The highest BCUT2D eigenvalue weighted by Crippen LogP contribution is 2.32. The molecule has 20 heavy (non-hydrogen) atoms. The Kier molecular flexibility index (Phi) is 5.81. The minimum Gasteiger partial charge on any atom is -0.494 e. The highest BCUT2D eigenvalue weighted by Gasteiger charge is 2.24. The minimum absolute atomic E-state index is 0.401. The molecule has 0 unspecified atom stereocenters. The SMILES string of the molecule is C=C/C(Cl)=C\C(SCc1ccccc1)=C(/C)OC1CC1. The molecule has 1 nitrogen and oxygen atoms in total. The molecule has 0 aliphatic heterocycles. The first-order chi connectivity index (χ1) is 9.69. The molecule has 0 bridgehead atoms. The van der Waals surface area contributed by atoms with E-state index < -0.39 is 0 Å². The van der Waals surface area contributed by atoms with E-state index in [4.69, 9.17) is 16.3 Å². The van der Waals surface area contributed by atoms with E-state index in [1.165, 1.54) is 5.56 Å². The van der Waals surface area contributed by atoms with E-state index in [0.29, 0.717) is 11.1 Å². The van der Waals surface area contributed by atoms with Gasteiger partial charge in [-0.05, 0) is 31.4 Å². The Morgan fingerprint density at radius 1 is 1.40 bits per heavy atom. The summed E-state index contributed by atoms with van der Waals surface area (Å²) in [6.07, 6.45) is 6.30. The third-order valence-electron chi connectivity index (χ3n) is 2.92. The highest BCUT2D eigenvalue weighted by atomic mass is 35.5. The van der Waals surface area contributed by atoms with Crippen molar-refractivity contribution in [2.24, 2.45) is 0 Å². The molecule has 1 aromatic rings. The van der Waals surface area contributed by atoms with Gasteiger partial charge in [0.2, 0.25) is 0 Å². The molecule has 0 saturated heterocycles. The second kappa shape index (κ2) is 7.61. The lowest BCUT2D eigenvalue weighted by molar-refractivity contribution is 0.198. The molecule has 1 aliphatic rings. The van der Waals surface area contributed by atoms with Crippen molar-refractivity contribution in [1.29, 1.82) is 0 Å². The Morgan fingerprint density at radius 2 is 2.10 bits per heavy atom. The van der Waals surface area contributed by atoms with E-state index in [9.17, 15) is 0 Å². The van der Waals surface area contributed by atoms with E-state index in [1.807, 2.05) is 19.1 Å². The average Bonchev–Trinajstić information content (AvgIpc) is 3.28. The Balaban J connectivity index is 2.07. The number of ether oxygens (including phenoxy) is 1. The number of thioether (sulfide) groups is 1. The van der Waals surface area contributed by atoms with Crippen LogP contribution in [-0.4, -0.2) is 6.10 Å². The molecule has 0 spiro atoms. The maximum atomic E-state index is 6.08. The first-order valence-corrected chi connectivity index (χ1v) is 8.09. The topological polar surface area (TPSA) is 9.23 Å². The smallest absolute Gasteiger partial charge is 0.107 e. The molecule has 106 valence electrons. The summed E-state index contributed by atoms with van der Waals surface area (Å²) in [5.74, 6) is 1.85. The Labute approximate surface area is 130 Å². The number of benzene rings is 1. The van der Waals surface area contributed by atoms with Gasteiger partial charge >= 0.3 is 0 Å². The summed E-state index contributed by atoms with van der Waals surface area (Å²) in [5.41, 5.74) is 1.29. The van der Waals surface area contributed by atoms with Gasteiger partial charge in [0.15, 0.2) is 0 Å². The van der Waals surface area contributed by atoms with E-state index in [0.717, 1.165) is 29.3 Å². The van der Waals surface area contributed by atoms with Crippen molar-refractivity contribution in [3.05, 3.63) is 70.3 Å². The zero-order chi connectivity index (χ0) is 14.4. The van der Waals surface area contributed by atoms with E-state index in [-0.39, 0.29) is 0 Å². The quantitative estimate of drug-likeness (QED) is 0.476. The molecule has 0 radical (unpaired) electrons. The van der Waals surface area contributed by atoms with Crippen LogP contribution in [0, 0.1) is 0 Å². The van der Waals surface area contributed by atoms with Gasteiger partial charge < -0.3 is 4.74 Å². The Bertz CT molecular complexity index is 515. The van der Waals surface area contributed by atoms with Crippen molar-refractivity contribution in [2.45, 2.75) is 31.6 Å². The van der Waals surface area contributed by atoms with Crippen LogP contribution in [-0.2, 0) is 10.5 Å². The fourth-order valence-electron chi connectivity index (χ4n) is 1.66. The van der Waals surface area contributed by atoms with E-state index >= 15 is 0 Å². The number of halogens is 1. The largest absolute Gasteiger partial charge is 0.494 e. The maximum absolute atomic E-state index is 6.08. The molecule has 0 atom stereocenters. The molecule has 0 aromatic heterocycles. The van der Waals surface area contributed by atoms with Gasteiger partial charge in [0.05, 0.1) is 6.10 Å². The predicted molar refractivity (Wildman–Crippen MR) is 88.7 cm³/mol. The molecular weight excluding hydrogens is 288 g/mol. The van der Waals surface area contributed by atoms with Crippen molar-refractivity contribution in [3.8, 4) is 0 Å². The summed E-state index contributed by atoms with van der Waals surface area (Å²) in [6.45, 7) is 5.70. The lowest BCUT2D eigenvalue weighted by atomic mass is 10.2. The fourth-order valence-corrected chi connectivity index (χ4v) is 2.81. The van der Waals surface area contributed by atoms with Crippen LogP contribution in [0.4, 0.5) is 0 Å². The molecule has 1 aliphatic carbocycles. The standard InChI is InChI=1S/C17H19ClOS/c1-3-15(18)11-17(13(2)19-16-9-10-16)20-12-14-7-5-4-6-8-14/h3-8,11,16H,1,9-10,12H2,2H3/b15-11+,17-13-. The summed E-state index contributed by atoms with van der Waals surface area (Å²) in [5, 5.41) is 0.638. The van der Waals surface area contributed by atoms with Gasteiger partial charge in [0, 0.05) is 15.7 Å². The normalized spacial score (nSPS) is 16.6. The molecule has 1 saturated carbocycles. The van der Waals surface area contributed by atoms with E-state index in [1.54, 1.807) is 17.8 Å². The van der Waals surface area contributed by atoms with Crippen molar-refractivity contribution in [3.63, 3.8) is 0 Å². The summed E-state index contributed by atoms with van der Waals surface area (Å²) in [6, 6.07) is 10.4. The van der Waals surface area contributed by atoms with Crippen LogP contribution in [0.15, 0.2) is 64.8 Å².